The fourth-order valence-electron chi connectivity index (χ4n) is 2.93. The van der Waals surface area contributed by atoms with Crippen molar-refractivity contribution in [1.82, 2.24) is 5.43 Å². The Bertz CT molecular complexity index is 304. The number of nitrogens with two attached hydrogens (primary N) is 1. The number of benzene rings is 1. The van der Waals surface area contributed by atoms with Crippen LogP contribution in [0, 0.1) is 0 Å². The van der Waals surface area contributed by atoms with E-state index in [0.717, 1.165) is 25.7 Å². The summed E-state index contributed by atoms with van der Waals surface area (Å²) in [5.41, 5.74) is 4.61. The van der Waals surface area contributed by atoms with Gasteiger partial charge in [-0.05, 0) is 24.8 Å². The summed E-state index contributed by atoms with van der Waals surface area (Å²) in [7, 11) is 0. The smallest absolute Gasteiger partial charge is 0.0307 e. The zero-order valence-corrected chi connectivity index (χ0v) is 11.4. The first-order chi connectivity index (χ1) is 8.25. The quantitative estimate of drug-likeness (QED) is 0.560. The third-order valence-corrected chi connectivity index (χ3v) is 4.06. The van der Waals surface area contributed by atoms with Gasteiger partial charge < -0.3 is 0 Å². The number of nitrogens with one attached hydrogen (secondary N) is 1. The molecule has 17 heavy (non-hydrogen) atoms. The fourth-order valence-corrected chi connectivity index (χ4v) is 2.93. The predicted octanol–water partition coefficient (Wildman–Crippen LogP) is 3.38. The van der Waals surface area contributed by atoms with Crippen LogP contribution in [0.4, 0.5) is 0 Å². The van der Waals surface area contributed by atoms with Crippen molar-refractivity contribution in [3.05, 3.63) is 35.9 Å². The molecule has 0 saturated carbocycles. The van der Waals surface area contributed by atoms with E-state index in [9.17, 15) is 0 Å². The number of hydrogen-bond donors (Lipinski definition) is 2. The summed E-state index contributed by atoms with van der Waals surface area (Å²) in [6, 6.07) is 11.1. The third-order valence-electron chi connectivity index (χ3n) is 4.06. The van der Waals surface area contributed by atoms with Gasteiger partial charge in [-0.2, -0.15) is 0 Å². The molecule has 96 valence electrons. The van der Waals surface area contributed by atoms with E-state index in [2.05, 4.69) is 56.5 Å². The van der Waals surface area contributed by atoms with Crippen molar-refractivity contribution in [3.63, 3.8) is 0 Å². The molecule has 1 aromatic rings. The van der Waals surface area contributed by atoms with E-state index < -0.39 is 0 Å². The molecule has 0 bridgehead atoms. The normalized spacial score (nSPS) is 13.6. The summed E-state index contributed by atoms with van der Waals surface area (Å²) in [6.07, 6.45) is 4.50. The van der Waals surface area contributed by atoms with Gasteiger partial charge in [0.1, 0.15) is 0 Å². The van der Waals surface area contributed by atoms with E-state index in [1.54, 1.807) is 0 Å². The number of rotatable bonds is 7. The molecule has 0 aromatic heterocycles. The van der Waals surface area contributed by atoms with E-state index in [0.29, 0.717) is 6.04 Å². The molecule has 1 aromatic carbocycles. The molecule has 0 spiro atoms. The Morgan fingerprint density at radius 1 is 1.12 bits per heavy atom. The fraction of sp³-hybridized carbons (Fsp3) is 0.600. The zero-order valence-electron chi connectivity index (χ0n) is 11.4. The molecule has 0 heterocycles. The van der Waals surface area contributed by atoms with Gasteiger partial charge >= 0.3 is 0 Å². The van der Waals surface area contributed by atoms with Crippen LogP contribution in [0.3, 0.4) is 0 Å². The molecule has 0 radical (unpaired) electrons. The second kappa shape index (κ2) is 6.77. The van der Waals surface area contributed by atoms with Gasteiger partial charge in [-0.3, -0.25) is 11.3 Å². The van der Waals surface area contributed by atoms with Crippen LogP contribution in [0.15, 0.2) is 30.3 Å². The lowest BCUT2D eigenvalue weighted by Crippen LogP contribution is -2.50. The van der Waals surface area contributed by atoms with Crippen LogP contribution < -0.4 is 11.3 Å². The van der Waals surface area contributed by atoms with Gasteiger partial charge in [-0.25, -0.2) is 0 Å². The van der Waals surface area contributed by atoms with Crippen LogP contribution >= 0.6 is 0 Å². The van der Waals surface area contributed by atoms with Crippen molar-refractivity contribution in [2.24, 2.45) is 5.84 Å². The van der Waals surface area contributed by atoms with Crippen molar-refractivity contribution in [3.8, 4) is 0 Å². The first-order valence-corrected chi connectivity index (χ1v) is 6.76. The van der Waals surface area contributed by atoms with Crippen LogP contribution in [0.5, 0.6) is 0 Å². The average Bonchev–Trinajstić information content (AvgIpc) is 2.40. The largest absolute Gasteiger partial charge is 0.271 e. The van der Waals surface area contributed by atoms with Crippen LogP contribution in [0.25, 0.3) is 0 Å². The summed E-state index contributed by atoms with van der Waals surface area (Å²) in [5, 5.41) is 0. The second-order valence-corrected chi connectivity index (χ2v) is 4.74. The molecule has 1 atom stereocenters. The minimum atomic E-state index is 0.159. The van der Waals surface area contributed by atoms with Gasteiger partial charge in [0.2, 0.25) is 0 Å². The first kappa shape index (κ1) is 14.2. The molecule has 0 fully saturated rings. The highest BCUT2D eigenvalue weighted by molar-refractivity contribution is 5.27. The summed E-state index contributed by atoms with van der Waals surface area (Å²) in [5.74, 6) is 5.78. The Balaban J connectivity index is 3.11. The standard InChI is InChI=1S/C15H26N2/c1-4-10-14(17-16)15(5-2,6-3)13-11-8-7-9-12-13/h7-9,11-12,14,17H,4-6,10,16H2,1-3H3. The number of hydrogen-bond acceptors (Lipinski definition) is 2. The molecule has 1 rings (SSSR count). The van der Waals surface area contributed by atoms with Crippen LogP contribution in [-0.4, -0.2) is 6.04 Å². The molecule has 3 N–H and O–H groups in total. The highest BCUT2D eigenvalue weighted by atomic mass is 15.2. The molecular formula is C15H26N2. The third kappa shape index (κ3) is 2.88. The van der Waals surface area contributed by atoms with E-state index in [1.165, 1.54) is 5.56 Å². The minimum Gasteiger partial charge on any atom is -0.271 e. The highest BCUT2D eigenvalue weighted by Gasteiger charge is 2.35. The van der Waals surface area contributed by atoms with E-state index >= 15 is 0 Å². The lowest BCUT2D eigenvalue weighted by atomic mass is 9.69. The zero-order chi connectivity index (χ0) is 12.7. The highest BCUT2D eigenvalue weighted by Crippen LogP contribution is 2.36. The van der Waals surface area contributed by atoms with Crippen LogP contribution in [0.2, 0.25) is 0 Å². The molecule has 1 unspecified atom stereocenters. The minimum absolute atomic E-state index is 0.159. The second-order valence-electron chi connectivity index (χ2n) is 4.74. The van der Waals surface area contributed by atoms with Gasteiger partial charge in [0, 0.05) is 11.5 Å². The van der Waals surface area contributed by atoms with Crippen molar-refractivity contribution >= 4 is 0 Å². The van der Waals surface area contributed by atoms with Crippen molar-refractivity contribution < 1.29 is 0 Å². The first-order valence-electron chi connectivity index (χ1n) is 6.76. The van der Waals surface area contributed by atoms with Gasteiger partial charge in [-0.15, -0.1) is 0 Å². The summed E-state index contributed by atoms with van der Waals surface area (Å²) in [4.78, 5) is 0. The maximum absolute atomic E-state index is 5.78. The maximum Gasteiger partial charge on any atom is 0.0307 e. The van der Waals surface area contributed by atoms with Crippen molar-refractivity contribution in [2.75, 3.05) is 0 Å². The molecule has 0 aliphatic heterocycles. The summed E-state index contributed by atoms with van der Waals surface area (Å²) < 4.78 is 0. The Morgan fingerprint density at radius 2 is 1.71 bits per heavy atom. The van der Waals surface area contributed by atoms with E-state index in [1.807, 2.05) is 0 Å². The Labute approximate surface area is 106 Å². The van der Waals surface area contributed by atoms with Gasteiger partial charge in [0.05, 0.1) is 0 Å². The average molecular weight is 234 g/mol. The van der Waals surface area contributed by atoms with Crippen LogP contribution in [0.1, 0.15) is 52.0 Å². The van der Waals surface area contributed by atoms with E-state index in [-0.39, 0.29) is 5.41 Å². The Hall–Kier alpha value is -0.860. The predicted molar refractivity (Wildman–Crippen MR) is 74.7 cm³/mol. The van der Waals surface area contributed by atoms with Gasteiger partial charge in [0.15, 0.2) is 0 Å². The Kier molecular flexibility index (Phi) is 5.66. The lowest BCUT2D eigenvalue weighted by molar-refractivity contribution is 0.258. The Morgan fingerprint density at radius 3 is 2.12 bits per heavy atom. The molecule has 0 saturated heterocycles. The molecule has 0 amide bonds. The van der Waals surface area contributed by atoms with Crippen LogP contribution in [-0.2, 0) is 5.41 Å². The topological polar surface area (TPSA) is 38.0 Å². The maximum atomic E-state index is 5.78. The van der Waals surface area contributed by atoms with Gasteiger partial charge in [0.25, 0.3) is 0 Å². The van der Waals surface area contributed by atoms with Crippen molar-refractivity contribution in [1.29, 1.82) is 0 Å². The molecule has 2 heteroatoms. The monoisotopic (exact) mass is 234 g/mol. The van der Waals surface area contributed by atoms with E-state index in [4.69, 9.17) is 5.84 Å². The van der Waals surface area contributed by atoms with Gasteiger partial charge in [-0.1, -0.05) is 57.5 Å². The molecule has 0 aliphatic rings. The lowest BCUT2D eigenvalue weighted by Gasteiger charge is -2.40. The molecular weight excluding hydrogens is 208 g/mol. The number of hydrazine groups is 1. The molecule has 0 aliphatic carbocycles. The summed E-state index contributed by atoms with van der Waals surface area (Å²) in [6.45, 7) is 6.73. The molecule has 2 nitrogen and oxygen atoms in total. The SMILES string of the molecule is CCCC(NN)C(CC)(CC)c1ccccc1. The summed E-state index contributed by atoms with van der Waals surface area (Å²) >= 11 is 0. The van der Waals surface area contributed by atoms with Crippen molar-refractivity contribution in [2.45, 2.75) is 57.9 Å².